The number of carbonyl (C=O) groups is 3. The maximum absolute atomic E-state index is 11.9. The van der Waals surface area contributed by atoms with Crippen molar-refractivity contribution in [3.05, 3.63) is 29.3 Å². The zero-order valence-corrected chi connectivity index (χ0v) is 14.1. The van der Waals surface area contributed by atoms with Gasteiger partial charge in [-0.15, -0.1) is 0 Å². The third-order valence-electron chi connectivity index (χ3n) is 3.93. The van der Waals surface area contributed by atoms with Gasteiger partial charge in [0.1, 0.15) is 0 Å². The van der Waals surface area contributed by atoms with Crippen LogP contribution in [0.3, 0.4) is 0 Å². The summed E-state index contributed by atoms with van der Waals surface area (Å²) in [5.74, 6) is -1.23. The number of hydrogen-bond acceptors (Lipinski definition) is 4. The van der Waals surface area contributed by atoms with Gasteiger partial charge in [0.05, 0.1) is 17.8 Å². The Morgan fingerprint density at radius 3 is 2.50 bits per heavy atom. The molecule has 1 aliphatic rings. The normalized spacial score (nSPS) is 14.8. The minimum atomic E-state index is -0.755. The first kappa shape index (κ1) is 18.1. The van der Waals surface area contributed by atoms with Crippen molar-refractivity contribution < 1.29 is 19.1 Å². The van der Waals surface area contributed by atoms with Gasteiger partial charge in [-0.3, -0.25) is 9.59 Å². The van der Waals surface area contributed by atoms with Gasteiger partial charge in [0, 0.05) is 19.6 Å². The van der Waals surface area contributed by atoms with Gasteiger partial charge >= 0.3 is 17.9 Å². The largest absolute Gasteiger partial charge is 0.453 e. The van der Waals surface area contributed by atoms with E-state index in [4.69, 9.17) is 11.6 Å². The topological polar surface area (TPSA) is 87.7 Å². The van der Waals surface area contributed by atoms with E-state index in [2.05, 4.69) is 15.4 Å². The second-order valence-corrected chi connectivity index (χ2v) is 5.95. The summed E-state index contributed by atoms with van der Waals surface area (Å²) in [6, 6.07) is 6.70. The number of amides is 3. The van der Waals surface area contributed by atoms with Crippen LogP contribution in [0.4, 0.5) is 10.5 Å². The van der Waals surface area contributed by atoms with E-state index in [0.29, 0.717) is 30.3 Å². The Kier molecular flexibility index (Phi) is 6.43. The van der Waals surface area contributed by atoms with E-state index in [1.165, 1.54) is 7.11 Å². The highest BCUT2D eigenvalue weighted by Crippen LogP contribution is 2.20. The number of nitrogens with one attached hydrogen (secondary N) is 2. The summed E-state index contributed by atoms with van der Waals surface area (Å²) in [7, 11) is 1.35. The maximum Gasteiger partial charge on any atom is 0.409 e. The molecule has 0 spiro atoms. The lowest BCUT2D eigenvalue weighted by atomic mass is 9.97. The molecule has 1 aromatic rings. The molecule has 1 aliphatic heterocycles. The van der Waals surface area contributed by atoms with E-state index in [9.17, 15) is 14.4 Å². The van der Waals surface area contributed by atoms with Crippen LogP contribution in [-0.2, 0) is 14.3 Å². The second kappa shape index (κ2) is 8.54. The number of nitrogens with zero attached hydrogens (tertiary/aromatic N) is 1. The summed E-state index contributed by atoms with van der Waals surface area (Å²) in [6.07, 6.45) is 1.17. The van der Waals surface area contributed by atoms with Gasteiger partial charge in [0.25, 0.3) is 0 Å². The highest BCUT2D eigenvalue weighted by Gasteiger charge is 2.24. The summed E-state index contributed by atoms with van der Waals surface area (Å²) >= 11 is 5.93. The van der Waals surface area contributed by atoms with Crippen molar-refractivity contribution in [3.63, 3.8) is 0 Å². The molecule has 0 aromatic heterocycles. The number of methoxy groups -OCH3 is 1. The lowest BCUT2D eigenvalue weighted by Crippen LogP contribution is -2.43. The van der Waals surface area contributed by atoms with Crippen molar-refractivity contribution in [3.8, 4) is 0 Å². The molecular formula is C16H20ClN3O4. The highest BCUT2D eigenvalue weighted by atomic mass is 35.5. The van der Waals surface area contributed by atoms with Crippen LogP contribution < -0.4 is 10.6 Å². The number of carbonyl (C=O) groups excluding carboxylic acids is 3. The van der Waals surface area contributed by atoms with E-state index < -0.39 is 11.8 Å². The molecule has 3 amide bonds. The minimum Gasteiger partial charge on any atom is -0.453 e. The molecule has 1 saturated heterocycles. The number of para-hydroxylation sites is 1. The standard InChI is InChI=1S/C16H20ClN3O4/c1-24-16(23)20-8-6-11(7-9-20)10-18-14(21)15(22)19-13-5-3-2-4-12(13)17/h2-5,11H,6-10H2,1H3,(H,18,21)(H,19,22). The molecule has 1 aromatic carbocycles. The number of hydrogen-bond donors (Lipinski definition) is 2. The Morgan fingerprint density at radius 2 is 1.88 bits per heavy atom. The van der Waals surface area contributed by atoms with Crippen molar-refractivity contribution >= 4 is 35.2 Å². The Hall–Kier alpha value is -2.28. The average molecular weight is 354 g/mol. The molecular weight excluding hydrogens is 334 g/mol. The van der Waals surface area contributed by atoms with Crippen LogP contribution in [0.25, 0.3) is 0 Å². The highest BCUT2D eigenvalue weighted by molar-refractivity contribution is 6.41. The van der Waals surface area contributed by atoms with E-state index in [1.807, 2.05) is 0 Å². The average Bonchev–Trinajstić information content (AvgIpc) is 2.61. The summed E-state index contributed by atoms with van der Waals surface area (Å²) in [6.45, 7) is 1.56. The number of anilines is 1. The molecule has 8 heteroatoms. The van der Waals surface area contributed by atoms with Crippen molar-refractivity contribution in [1.29, 1.82) is 0 Å². The van der Waals surface area contributed by atoms with Gasteiger partial charge in [-0.1, -0.05) is 23.7 Å². The lowest BCUT2D eigenvalue weighted by Gasteiger charge is -2.30. The van der Waals surface area contributed by atoms with Gasteiger partial charge in [-0.2, -0.15) is 0 Å². The number of halogens is 1. The van der Waals surface area contributed by atoms with Gasteiger partial charge in [0.15, 0.2) is 0 Å². The summed E-state index contributed by atoms with van der Waals surface area (Å²) < 4.78 is 4.67. The van der Waals surface area contributed by atoms with Gasteiger partial charge in [-0.05, 0) is 30.9 Å². The zero-order chi connectivity index (χ0) is 17.5. The van der Waals surface area contributed by atoms with Crippen LogP contribution in [0, 0.1) is 5.92 Å². The Morgan fingerprint density at radius 1 is 1.21 bits per heavy atom. The monoisotopic (exact) mass is 353 g/mol. The van der Waals surface area contributed by atoms with Gasteiger partial charge in [0.2, 0.25) is 0 Å². The molecule has 7 nitrogen and oxygen atoms in total. The van der Waals surface area contributed by atoms with Crippen molar-refractivity contribution in [2.24, 2.45) is 5.92 Å². The quantitative estimate of drug-likeness (QED) is 0.812. The predicted molar refractivity (Wildman–Crippen MR) is 89.8 cm³/mol. The molecule has 1 fully saturated rings. The molecule has 2 rings (SSSR count). The van der Waals surface area contributed by atoms with Gasteiger partial charge < -0.3 is 20.3 Å². The van der Waals surface area contributed by atoms with E-state index in [-0.39, 0.29) is 12.0 Å². The fourth-order valence-electron chi connectivity index (χ4n) is 2.51. The lowest BCUT2D eigenvalue weighted by molar-refractivity contribution is -0.136. The molecule has 0 saturated carbocycles. The molecule has 130 valence electrons. The van der Waals surface area contributed by atoms with Crippen LogP contribution in [-0.4, -0.2) is 49.6 Å². The number of benzene rings is 1. The first-order chi connectivity index (χ1) is 11.5. The molecule has 0 unspecified atom stereocenters. The van der Waals surface area contributed by atoms with Crippen LogP contribution in [0.2, 0.25) is 5.02 Å². The molecule has 24 heavy (non-hydrogen) atoms. The van der Waals surface area contributed by atoms with Crippen molar-refractivity contribution in [2.45, 2.75) is 12.8 Å². The maximum atomic E-state index is 11.9. The van der Waals surface area contributed by atoms with Crippen LogP contribution in [0.15, 0.2) is 24.3 Å². The van der Waals surface area contributed by atoms with E-state index in [0.717, 1.165) is 12.8 Å². The first-order valence-corrected chi connectivity index (χ1v) is 8.05. The van der Waals surface area contributed by atoms with Crippen molar-refractivity contribution in [2.75, 3.05) is 32.1 Å². The molecule has 2 N–H and O–H groups in total. The fourth-order valence-corrected chi connectivity index (χ4v) is 2.69. The van der Waals surface area contributed by atoms with Crippen LogP contribution in [0.5, 0.6) is 0 Å². The third-order valence-corrected chi connectivity index (χ3v) is 4.26. The summed E-state index contributed by atoms with van der Waals surface area (Å²) in [5.41, 5.74) is 0.394. The molecule has 0 radical (unpaired) electrons. The van der Waals surface area contributed by atoms with E-state index >= 15 is 0 Å². The number of rotatable bonds is 3. The molecule has 0 atom stereocenters. The summed E-state index contributed by atoms with van der Waals surface area (Å²) in [5, 5.41) is 5.47. The second-order valence-electron chi connectivity index (χ2n) is 5.54. The van der Waals surface area contributed by atoms with Gasteiger partial charge in [-0.25, -0.2) is 4.79 Å². The third kappa shape index (κ3) is 4.86. The molecule has 0 bridgehead atoms. The Balaban J connectivity index is 1.74. The Labute approximate surface area is 145 Å². The van der Waals surface area contributed by atoms with Crippen LogP contribution >= 0.6 is 11.6 Å². The summed E-state index contributed by atoms with van der Waals surface area (Å²) in [4.78, 5) is 36.8. The van der Waals surface area contributed by atoms with E-state index in [1.54, 1.807) is 29.2 Å². The number of likely N-dealkylation sites (tertiary alicyclic amines) is 1. The Bertz CT molecular complexity index is 615. The van der Waals surface area contributed by atoms with Crippen LogP contribution in [0.1, 0.15) is 12.8 Å². The number of ether oxygens (including phenoxy) is 1. The smallest absolute Gasteiger partial charge is 0.409 e. The number of piperidine rings is 1. The molecule has 0 aliphatic carbocycles. The first-order valence-electron chi connectivity index (χ1n) is 7.68. The predicted octanol–water partition coefficient (Wildman–Crippen LogP) is 1.87. The SMILES string of the molecule is COC(=O)N1CCC(CNC(=O)C(=O)Nc2ccccc2Cl)CC1. The zero-order valence-electron chi connectivity index (χ0n) is 13.4. The fraction of sp³-hybridized carbons (Fsp3) is 0.438. The minimum absolute atomic E-state index is 0.225. The molecule has 1 heterocycles. The van der Waals surface area contributed by atoms with Crippen molar-refractivity contribution in [1.82, 2.24) is 10.2 Å².